The highest BCUT2D eigenvalue weighted by Gasteiger charge is 2.61. The van der Waals surface area contributed by atoms with E-state index in [4.69, 9.17) is 19.0 Å². The van der Waals surface area contributed by atoms with Gasteiger partial charge < -0.3 is 14.2 Å². The number of fused-ring (bicyclic) bond motifs is 1. The Labute approximate surface area is 201 Å². The predicted octanol–water partition coefficient (Wildman–Crippen LogP) is 3.90. The van der Waals surface area contributed by atoms with Crippen molar-refractivity contribution >= 4 is 23.2 Å². The Balaban J connectivity index is 1.66. The predicted molar refractivity (Wildman–Crippen MR) is 125 cm³/mol. The molecule has 2 aliphatic heterocycles. The number of amides is 2. The van der Waals surface area contributed by atoms with E-state index in [1.54, 1.807) is 17.2 Å². The molecule has 35 heavy (non-hydrogen) atoms. The number of methoxy groups -OCH3 is 3. The molecule has 0 bridgehead atoms. The zero-order valence-electron chi connectivity index (χ0n) is 19.3. The molecule has 2 fully saturated rings. The second-order valence-electron chi connectivity index (χ2n) is 8.07. The molecule has 3 atom stereocenters. The molecule has 5 rings (SSSR count). The van der Waals surface area contributed by atoms with Crippen LogP contribution >= 0.6 is 0 Å². The van der Waals surface area contributed by atoms with Crippen LogP contribution in [0.1, 0.15) is 11.6 Å². The summed E-state index contributed by atoms with van der Waals surface area (Å²) in [7, 11) is 4.49. The molecule has 9 heteroatoms. The second-order valence-corrected chi connectivity index (χ2v) is 8.07. The van der Waals surface area contributed by atoms with E-state index in [1.165, 1.54) is 39.5 Å². The lowest BCUT2D eigenvalue weighted by molar-refractivity contribution is -0.126. The van der Waals surface area contributed by atoms with Gasteiger partial charge in [-0.3, -0.25) is 14.4 Å². The van der Waals surface area contributed by atoms with Gasteiger partial charge in [0.25, 0.3) is 5.91 Å². The molecule has 0 radical (unpaired) electrons. The van der Waals surface area contributed by atoms with Crippen LogP contribution in [-0.4, -0.2) is 39.2 Å². The van der Waals surface area contributed by atoms with Gasteiger partial charge in [0, 0.05) is 5.56 Å². The number of carbonyl (C=O) groups is 2. The topological polar surface area (TPSA) is 77.5 Å². The number of para-hydroxylation sites is 1. The summed E-state index contributed by atoms with van der Waals surface area (Å²) in [6, 6.07) is 17.2. The lowest BCUT2D eigenvalue weighted by atomic mass is 9.89. The minimum atomic E-state index is -1.10. The first-order valence-electron chi connectivity index (χ1n) is 10.9. The van der Waals surface area contributed by atoms with Crippen molar-refractivity contribution in [1.82, 2.24) is 0 Å². The monoisotopic (exact) mass is 478 g/mol. The average Bonchev–Trinajstić information content (AvgIpc) is 3.39. The summed E-state index contributed by atoms with van der Waals surface area (Å²) in [6.45, 7) is 0. The maximum Gasteiger partial charge on any atom is 0.266 e. The standard InChI is InChI=1S/C26H23FN2O6/c1-32-19-13-12-18(22(33-2)23(19)34-3)21-20-24(35-29(21)16-9-5-4-6-10-16)26(31)28(25(20)30)17-11-7-8-15(27)14-17/h4-14,20-21,24H,1-3H3. The fraction of sp³-hybridized carbons (Fsp3) is 0.231. The first-order chi connectivity index (χ1) is 17.0. The number of imide groups is 1. The number of hydrogen-bond donors (Lipinski definition) is 0. The van der Waals surface area contributed by atoms with Crippen LogP contribution in [0, 0.1) is 11.7 Å². The third-order valence-electron chi connectivity index (χ3n) is 6.25. The van der Waals surface area contributed by atoms with Gasteiger partial charge in [-0.2, -0.15) is 0 Å². The van der Waals surface area contributed by atoms with Gasteiger partial charge in [0.2, 0.25) is 11.7 Å². The molecular formula is C26H23FN2O6. The lowest BCUT2D eigenvalue weighted by Gasteiger charge is -2.30. The average molecular weight is 478 g/mol. The summed E-state index contributed by atoms with van der Waals surface area (Å²) < 4.78 is 30.6. The van der Waals surface area contributed by atoms with Crippen LogP contribution in [0.4, 0.5) is 15.8 Å². The number of rotatable bonds is 6. The summed E-state index contributed by atoms with van der Waals surface area (Å²) in [4.78, 5) is 34.2. The van der Waals surface area contributed by atoms with Crippen LogP contribution in [0.2, 0.25) is 0 Å². The van der Waals surface area contributed by atoms with E-state index < -0.39 is 35.7 Å². The van der Waals surface area contributed by atoms with Crippen molar-refractivity contribution < 1.29 is 33.0 Å². The Morgan fingerprint density at radius 2 is 1.51 bits per heavy atom. The van der Waals surface area contributed by atoms with Crippen molar-refractivity contribution in [3.05, 3.63) is 78.1 Å². The first kappa shape index (κ1) is 22.7. The molecule has 2 heterocycles. The van der Waals surface area contributed by atoms with E-state index in [0.717, 1.165) is 11.0 Å². The third-order valence-corrected chi connectivity index (χ3v) is 6.25. The molecule has 0 saturated carbocycles. The Bertz CT molecular complexity index is 1280. The van der Waals surface area contributed by atoms with Gasteiger partial charge in [-0.1, -0.05) is 24.3 Å². The van der Waals surface area contributed by atoms with Gasteiger partial charge in [-0.15, -0.1) is 0 Å². The molecule has 0 aliphatic carbocycles. The fourth-order valence-electron chi connectivity index (χ4n) is 4.76. The Morgan fingerprint density at radius 3 is 2.17 bits per heavy atom. The van der Waals surface area contributed by atoms with Gasteiger partial charge in [0.1, 0.15) is 17.8 Å². The second kappa shape index (κ2) is 8.92. The van der Waals surface area contributed by atoms with Crippen LogP contribution in [0.3, 0.4) is 0 Å². The minimum Gasteiger partial charge on any atom is -0.493 e. The quantitative estimate of drug-likeness (QED) is 0.498. The van der Waals surface area contributed by atoms with E-state index in [1.807, 2.05) is 30.3 Å². The lowest BCUT2D eigenvalue weighted by Crippen LogP contribution is -2.37. The number of ether oxygens (including phenoxy) is 3. The van der Waals surface area contributed by atoms with Gasteiger partial charge in [0.15, 0.2) is 17.6 Å². The van der Waals surface area contributed by atoms with Gasteiger partial charge in [-0.05, 0) is 42.5 Å². The third kappa shape index (κ3) is 3.55. The van der Waals surface area contributed by atoms with Crippen molar-refractivity contribution in [3.8, 4) is 17.2 Å². The molecule has 2 saturated heterocycles. The summed E-state index contributed by atoms with van der Waals surface area (Å²) in [5, 5.41) is 1.55. The van der Waals surface area contributed by atoms with E-state index in [2.05, 4.69) is 0 Å². The summed E-state index contributed by atoms with van der Waals surface area (Å²) in [6.07, 6.45) is -1.10. The van der Waals surface area contributed by atoms with Crippen LogP contribution in [0.25, 0.3) is 0 Å². The zero-order chi connectivity index (χ0) is 24.7. The molecule has 0 N–H and O–H groups in total. The van der Waals surface area contributed by atoms with Crippen LogP contribution in [0.15, 0.2) is 66.7 Å². The number of hydroxylamine groups is 1. The maximum absolute atomic E-state index is 13.9. The maximum atomic E-state index is 13.9. The largest absolute Gasteiger partial charge is 0.493 e. The zero-order valence-corrected chi connectivity index (χ0v) is 19.3. The molecule has 0 spiro atoms. The highest BCUT2D eigenvalue weighted by atomic mass is 19.1. The van der Waals surface area contributed by atoms with E-state index in [9.17, 15) is 14.0 Å². The van der Waals surface area contributed by atoms with Crippen molar-refractivity contribution in [2.75, 3.05) is 31.3 Å². The molecule has 0 aromatic heterocycles. The molecule has 2 amide bonds. The molecule has 8 nitrogen and oxygen atoms in total. The smallest absolute Gasteiger partial charge is 0.266 e. The van der Waals surface area contributed by atoms with Crippen LogP contribution in [0.5, 0.6) is 17.2 Å². The Kier molecular flexibility index (Phi) is 5.78. The molecule has 3 aromatic carbocycles. The minimum absolute atomic E-state index is 0.155. The first-order valence-corrected chi connectivity index (χ1v) is 10.9. The molecule has 180 valence electrons. The number of nitrogens with zero attached hydrogens (tertiary/aromatic N) is 2. The molecule has 3 unspecified atom stereocenters. The van der Waals surface area contributed by atoms with Crippen LogP contribution < -0.4 is 24.2 Å². The van der Waals surface area contributed by atoms with Gasteiger partial charge in [0.05, 0.1) is 32.7 Å². The van der Waals surface area contributed by atoms with Crippen molar-refractivity contribution in [1.29, 1.82) is 0 Å². The highest BCUT2D eigenvalue weighted by molar-refractivity contribution is 6.24. The van der Waals surface area contributed by atoms with Gasteiger partial charge in [-0.25, -0.2) is 14.4 Å². The number of anilines is 2. The SMILES string of the molecule is COc1ccc(C2C3C(=O)N(c4cccc(F)c4)C(=O)C3ON2c2ccccc2)c(OC)c1OC. The van der Waals surface area contributed by atoms with Crippen molar-refractivity contribution in [2.24, 2.45) is 5.92 Å². The highest BCUT2D eigenvalue weighted by Crippen LogP contribution is 2.52. The molecule has 2 aliphatic rings. The Morgan fingerprint density at radius 1 is 0.800 bits per heavy atom. The molecular weight excluding hydrogens is 455 g/mol. The number of hydrogen-bond acceptors (Lipinski definition) is 7. The summed E-state index contributed by atoms with van der Waals surface area (Å²) >= 11 is 0. The van der Waals surface area contributed by atoms with Gasteiger partial charge >= 0.3 is 0 Å². The van der Waals surface area contributed by atoms with Crippen molar-refractivity contribution in [3.63, 3.8) is 0 Å². The van der Waals surface area contributed by atoms with Crippen LogP contribution in [-0.2, 0) is 14.4 Å². The number of carbonyl (C=O) groups excluding carboxylic acids is 2. The van der Waals surface area contributed by atoms with E-state index in [0.29, 0.717) is 28.5 Å². The number of benzene rings is 3. The van der Waals surface area contributed by atoms with E-state index in [-0.39, 0.29) is 5.69 Å². The summed E-state index contributed by atoms with van der Waals surface area (Å²) in [5.41, 5.74) is 1.38. The fourth-order valence-corrected chi connectivity index (χ4v) is 4.76. The van der Waals surface area contributed by atoms with E-state index >= 15 is 0 Å². The number of halogens is 1. The molecule has 3 aromatic rings. The normalized spacial score (nSPS) is 21.3. The Hall–Kier alpha value is -4.11. The summed E-state index contributed by atoms with van der Waals surface area (Å²) in [5.74, 6) is -1.37. The van der Waals surface area contributed by atoms with Crippen molar-refractivity contribution in [2.45, 2.75) is 12.1 Å².